The van der Waals surface area contributed by atoms with Crippen LogP contribution in [0, 0.1) is 6.92 Å². The summed E-state index contributed by atoms with van der Waals surface area (Å²) in [6.45, 7) is 9.48. The first kappa shape index (κ1) is 17.3. The van der Waals surface area contributed by atoms with E-state index in [-0.39, 0.29) is 18.5 Å². The van der Waals surface area contributed by atoms with Crippen LogP contribution in [0.25, 0.3) is 0 Å². The predicted octanol–water partition coefficient (Wildman–Crippen LogP) is 1.35. The van der Waals surface area contributed by atoms with Crippen molar-refractivity contribution in [2.24, 2.45) is 0 Å². The van der Waals surface area contributed by atoms with Crippen molar-refractivity contribution in [2.45, 2.75) is 26.8 Å². The molecule has 126 valence electrons. The lowest BCUT2D eigenvalue weighted by Crippen LogP contribution is -2.51. The molecule has 1 aliphatic rings. The summed E-state index contributed by atoms with van der Waals surface area (Å²) < 4.78 is 0. The number of amides is 3. The van der Waals surface area contributed by atoms with Crippen LogP contribution in [0.4, 0.5) is 10.5 Å². The van der Waals surface area contributed by atoms with Gasteiger partial charge in [-0.25, -0.2) is 4.79 Å². The second kappa shape index (κ2) is 7.97. The molecule has 0 aromatic heterocycles. The van der Waals surface area contributed by atoms with Gasteiger partial charge < -0.3 is 10.2 Å². The summed E-state index contributed by atoms with van der Waals surface area (Å²) in [4.78, 5) is 27.8. The van der Waals surface area contributed by atoms with Crippen LogP contribution >= 0.6 is 0 Å². The van der Waals surface area contributed by atoms with Crippen LogP contribution in [0.3, 0.4) is 0 Å². The molecule has 0 radical (unpaired) electrons. The molecule has 1 aromatic rings. The first-order valence-corrected chi connectivity index (χ1v) is 8.09. The molecule has 0 atom stereocenters. The van der Waals surface area contributed by atoms with E-state index in [1.165, 1.54) is 11.3 Å². The van der Waals surface area contributed by atoms with E-state index in [9.17, 15) is 9.59 Å². The monoisotopic (exact) mass is 318 g/mol. The number of para-hydroxylation sites is 1. The van der Waals surface area contributed by atoms with Crippen LogP contribution in [0.1, 0.15) is 19.4 Å². The number of nitrogens with zero attached hydrogens (tertiary/aromatic N) is 2. The Labute approximate surface area is 137 Å². The Hall–Kier alpha value is -2.08. The van der Waals surface area contributed by atoms with Crippen LogP contribution in [0.5, 0.6) is 0 Å². The molecule has 3 amide bonds. The summed E-state index contributed by atoms with van der Waals surface area (Å²) in [5, 5.41) is 5.01. The van der Waals surface area contributed by atoms with Crippen molar-refractivity contribution in [3.05, 3.63) is 29.8 Å². The van der Waals surface area contributed by atoms with Crippen LogP contribution < -0.4 is 15.5 Å². The van der Waals surface area contributed by atoms with Crippen molar-refractivity contribution < 1.29 is 9.59 Å². The maximum Gasteiger partial charge on any atom is 0.321 e. The predicted molar refractivity (Wildman–Crippen MR) is 91.6 cm³/mol. The van der Waals surface area contributed by atoms with Crippen LogP contribution in [0.2, 0.25) is 0 Å². The molecule has 1 saturated heterocycles. The van der Waals surface area contributed by atoms with Crippen molar-refractivity contribution in [1.29, 1.82) is 0 Å². The Balaban J connectivity index is 1.77. The number of carbonyl (C=O) groups is 2. The molecule has 2 rings (SSSR count). The van der Waals surface area contributed by atoms with Crippen molar-refractivity contribution in [3.8, 4) is 0 Å². The molecule has 6 nitrogen and oxygen atoms in total. The number of benzene rings is 1. The lowest BCUT2D eigenvalue weighted by Gasteiger charge is -2.36. The van der Waals surface area contributed by atoms with Gasteiger partial charge in [0.25, 0.3) is 0 Å². The van der Waals surface area contributed by atoms with Crippen molar-refractivity contribution in [1.82, 2.24) is 15.5 Å². The molecule has 0 unspecified atom stereocenters. The summed E-state index contributed by atoms with van der Waals surface area (Å²) in [5.41, 5.74) is 2.52. The topological polar surface area (TPSA) is 64.7 Å². The number of hydrogen-bond acceptors (Lipinski definition) is 4. The van der Waals surface area contributed by atoms with Crippen LogP contribution in [-0.2, 0) is 4.79 Å². The van der Waals surface area contributed by atoms with E-state index in [1.807, 2.05) is 19.9 Å². The van der Waals surface area contributed by atoms with Gasteiger partial charge >= 0.3 is 6.03 Å². The van der Waals surface area contributed by atoms with Gasteiger partial charge in [-0.2, -0.15) is 0 Å². The number of aryl methyl sites for hydroxylation is 1. The third-order valence-corrected chi connectivity index (χ3v) is 3.87. The average Bonchev–Trinajstić information content (AvgIpc) is 2.47. The zero-order valence-corrected chi connectivity index (χ0v) is 14.1. The number of urea groups is 1. The lowest BCUT2D eigenvalue weighted by atomic mass is 10.1. The zero-order chi connectivity index (χ0) is 16.8. The summed E-state index contributed by atoms with van der Waals surface area (Å²) >= 11 is 0. The van der Waals surface area contributed by atoms with E-state index >= 15 is 0 Å². The maximum atomic E-state index is 11.9. The maximum absolute atomic E-state index is 11.9. The van der Waals surface area contributed by atoms with E-state index in [0.717, 1.165) is 26.2 Å². The number of carbonyl (C=O) groups excluding carboxylic acids is 2. The molecule has 2 N–H and O–H groups in total. The minimum atomic E-state index is -0.427. The van der Waals surface area contributed by atoms with Crippen LogP contribution in [0.15, 0.2) is 24.3 Å². The van der Waals surface area contributed by atoms with Gasteiger partial charge in [-0.3, -0.25) is 15.0 Å². The number of hydrogen-bond donors (Lipinski definition) is 2. The minimum Gasteiger partial charge on any atom is -0.369 e. The molecule has 0 spiro atoms. The summed E-state index contributed by atoms with van der Waals surface area (Å²) in [5.74, 6) is -0.257. The third kappa shape index (κ3) is 5.25. The Kier molecular flexibility index (Phi) is 5.98. The minimum absolute atomic E-state index is 0.0143. The fourth-order valence-electron chi connectivity index (χ4n) is 2.73. The normalized spacial score (nSPS) is 15.6. The number of rotatable bonds is 4. The molecule has 0 aliphatic carbocycles. The van der Waals surface area contributed by atoms with E-state index in [4.69, 9.17) is 0 Å². The van der Waals surface area contributed by atoms with Crippen LogP contribution in [-0.4, -0.2) is 55.6 Å². The van der Waals surface area contributed by atoms with Gasteiger partial charge in [0.05, 0.1) is 6.54 Å². The van der Waals surface area contributed by atoms with Crippen molar-refractivity contribution in [3.63, 3.8) is 0 Å². The van der Waals surface area contributed by atoms with Gasteiger partial charge in [0.15, 0.2) is 0 Å². The average molecular weight is 318 g/mol. The van der Waals surface area contributed by atoms with E-state index in [2.05, 4.69) is 45.6 Å². The zero-order valence-electron chi connectivity index (χ0n) is 14.1. The fraction of sp³-hybridized carbons (Fsp3) is 0.529. The molecule has 1 aromatic carbocycles. The highest BCUT2D eigenvalue weighted by molar-refractivity contribution is 5.95. The molecule has 1 aliphatic heterocycles. The molecular weight excluding hydrogens is 292 g/mol. The molecule has 1 heterocycles. The second-order valence-electron chi connectivity index (χ2n) is 6.23. The lowest BCUT2D eigenvalue weighted by molar-refractivity contribution is -0.121. The standard InChI is InChI=1S/C17H26N4O2/c1-13(2)18-17(23)19-16(22)12-20-8-10-21(11-9-20)15-7-5-4-6-14(15)3/h4-7,13H,8-12H2,1-3H3,(H2,18,19,22,23). The quantitative estimate of drug-likeness (QED) is 0.880. The van der Waals surface area contributed by atoms with Gasteiger partial charge in [-0.1, -0.05) is 18.2 Å². The smallest absolute Gasteiger partial charge is 0.321 e. The Morgan fingerprint density at radius 2 is 1.78 bits per heavy atom. The fourth-order valence-corrected chi connectivity index (χ4v) is 2.73. The largest absolute Gasteiger partial charge is 0.369 e. The molecule has 1 fully saturated rings. The summed E-state index contributed by atoms with van der Waals surface area (Å²) in [7, 11) is 0. The summed E-state index contributed by atoms with van der Waals surface area (Å²) in [6.07, 6.45) is 0. The summed E-state index contributed by atoms with van der Waals surface area (Å²) in [6, 6.07) is 7.93. The van der Waals surface area contributed by atoms with Gasteiger partial charge in [-0.15, -0.1) is 0 Å². The first-order chi connectivity index (χ1) is 11.0. The SMILES string of the molecule is Cc1ccccc1N1CCN(CC(=O)NC(=O)NC(C)C)CC1. The van der Waals surface area contributed by atoms with E-state index < -0.39 is 6.03 Å². The van der Waals surface area contributed by atoms with E-state index in [0.29, 0.717) is 0 Å². The van der Waals surface area contributed by atoms with Gasteiger partial charge in [0.2, 0.25) is 5.91 Å². The number of anilines is 1. The highest BCUT2D eigenvalue weighted by Gasteiger charge is 2.20. The number of piperazine rings is 1. The molecule has 23 heavy (non-hydrogen) atoms. The Morgan fingerprint density at radius 1 is 1.13 bits per heavy atom. The highest BCUT2D eigenvalue weighted by atomic mass is 16.2. The third-order valence-electron chi connectivity index (χ3n) is 3.87. The first-order valence-electron chi connectivity index (χ1n) is 8.09. The molecule has 0 saturated carbocycles. The second-order valence-corrected chi connectivity index (χ2v) is 6.23. The molecule has 6 heteroatoms. The Morgan fingerprint density at radius 3 is 2.39 bits per heavy atom. The number of nitrogens with one attached hydrogen (secondary N) is 2. The molecular formula is C17H26N4O2. The Bertz CT molecular complexity index is 551. The number of imide groups is 1. The van der Waals surface area contributed by atoms with Crippen molar-refractivity contribution in [2.75, 3.05) is 37.6 Å². The van der Waals surface area contributed by atoms with Gasteiger partial charge in [-0.05, 0) is 32.4 Å². The molecule has 0 bridgehead atoms. The highest BCUT2D eigenvalue weighted by Crippen LogP contribution is 2.20. The van der Waals surface area contributed by atoms with Gasteiger partial charge in [0, 0.05) is 37.9 Å². The van der Waals surface area contributed by atoms with E-state index in [1.54, 1.807) is 0 Å². The van der Waals surface area contributed by atoms with Crippen molar-refractivity contribution >= 4 is 17.6 Å². The van der Waals surface area contributed by atoms with Gasteiger partial charge in [0.1, 0.15) is 0 Å².